The average molecular weight is 362 g/mol. The Hall–Kier alpha value is -2.14. The number of halogens is 2. The Morgan fingerprint density at radius 3 is 2.55 bits per heavy atom. The molecule has 0 saturated carbocycles. The highest BCUT2D eigenvalue weighted by molar-refractivity contribution is 9.10. The highest BCUT2D eigenvalue weighted by Crippen LogP contribution is 2.24. The van der Waals surface area contributed by atoms with E-state index in [-0.39, 0.29) is 5.82 Å². The SMILES string of the molecule is Fc1ccc2c(OCCOc3ccc(Br)cc3)ccnc2c1. The van der Waals surface area contributed by atoms with Crippen molar-refractivity contribution in [2.24, 2.45) is 0 Å². The largest absolute Gasteiger partial charge is 0.490 e. The molecule has 0 bridgehead atoms. The fraction of sp³-hybridized carbons (Fsp3) is 0.118. The van der Waals surface area contributed by atoms with Gasteiger partial charge in [0.1, 0.15) is 30.5 Å². The zero-order valence-electron chi connectivity index (χ0n) is 11.6. The molecule has 0 N–H and O–H groups in total. The lowest BCUT2D eigenvalue weighted by molar-refractivity contribution is 0.218. The van der Waals surface area contributed by atoms with Crippen molar-refractivity contribution in [3.63, 3.8) is 0 Å². The Bertz CT molecular complexity index is 777. The maximum absolute atomic E-state index is 13.2. The van der Waals surface area contributed by atoms with Crippen LogP contribution < -0.4 is 9.47 Å². The van der Waals surface area contributed by atoms with Crippen LogP contribution in [0.15, 0.2) is 59.2 Å². The molecule has 2 aromatic carbocycles. The molecule has 1 aromatic heterocycles. The van der Waals surface area contributed by atoms with Crippen molar-refractivity contribution in [3.05, 3.63) is 65.0 Å². The second kappa shape index (κ2) is 6.75. The topological polar surface area (TPSA) is 31.4 Å². The summed E-state index contributed by atoms with van der Waals surface area (Å²) in [5, 5.41) is 0.785. The Morgan fingerprint density at radius 1 is 0.955 bits per heavy atom. The third-order valence-corrected chi connectivity index (χ3v) is 3.62. The molecule has 22 heavy (non-hydrogen) atoms. The number of nitrogens with zero attached hydrogens (tertiary/aromatic N) is 1. The first-order valence-electron chi connectivity index (χ1n) is 6.78. The van der Waals surface area contributed by atoms with Crippen LogP contribution in [0.3, 0.4) is 0 Å². The van der Waals surface area contributed by atoms with Crippen molar-refractivity contribution in [1.29, 1.82) is 0 Å². The van der Waals surface area contributed by atoms with E-state index in [1.165, 1.54) is 12.1 Å². The Morgan fingerprint density at radius 2 is 1.73 bits per heavy atom. The molecule has 0 aliphatic rings. The zero-order chi connectivity index (χ0) is 15.4. The van der Waals surface area contributed by atoms with Gasteiger partial charge in [0, 0.05) is 22.1 Å². The van der Waals surface area contributed by atoms with Crippen molar-refractivity contribution in [2.75, 3.05) is 13.2 Å². The van der Waals surface area contributed by atoms with Gasteiger partial charge in [0.25, 0.3) is 0 Å². The van der Waals surface area contributed by atoms with Gasteiger partial charge in [-0.15, -0.1) is 0 Å². The van der Waals surface area contributed by atoms with E-state index in [2.05, 4.69) is 20.9 Å². The molecule has 0 amide bonds. The summed E-state index contributed by atoms with van der Waals surface area (Å²) in [6.45, 7) is 0.819. The minimum Gasteiger partial charge on any atom is -0.490 e. The number of pyridine rings is 1. The maximum Gasteiger partial charge on any atom is 0.130 e. The molecule has 0 fully saturated rings. The van der Waals surface area contributed by atoms with Crippen molar-refractivity contribution in [3.8, 4) is 11.5 Å². The summed E-state index contributed by atoms with van der Waals surface area (Å²) in [7, 11) is 0. The van der Waals surface area contributed by atoms with Crippen LogP contribution in [0.5, 0.6) is 11.5 Å². The van der Waals surface area contributed by atoms with E-state index in [1.54, 1.807) is 18.3 Å². The summed E-state index contributed by atoms with van der Waals surface area (Å²) in [5.74, 6) is 1.15. The molecule has 3 rings (SSSR count). The molecule has 0 saturated heterocycles. The van der Waals surface area contributed by atoms with Crippen LogP contribution in [-0.4, -0.2) is 18.2 Å². The summed E-state index contributed by atoms with van der Waals surface area (Å²) in [4.78, 5) is 4.13. The summed E-state index contributed by atoms with van der Waals surface area (Å²) in [5.41, 5.74) is 0.575. The van der Waals surface area contributed by atoms with Gasteiger partial charge in [-0.25, -0.2) is 4.39 Å². The van der Waals surface area contributed by atoms with Crippen LogP contribution in [0.2, 0.25) is 0 Å². The van der Waals surface area contributed by atoms with E-state index >= 15 is 0 Å². The molecule has 5 heteroatoms. The van der Waals surface area contributed by atoms with Gasteiger partial charge >= 0.3 is 0 Å². The van der Waals surface area contributed by atoms with Crippen molar-refractivity contribution < 1.29 is 13.9 Å². The molecule has 1 heterocycles. The van der Waals surface area contributed by atoms with Crippen LogP contribution >= 0.6 is 15.9 Å². The highest BCUT2D eigenvalue weighted by Gasteiger charge is 2.04. The maximum atomic E-state index is 13.2. The van der Waals surface area contributed by atoms with Crippen molar-refractivity contribution >= 4 is 26.8 Å². The van der Waals surface area contributed by atoms with Gasteiger partial charge in [-0.1, -0.05) is 15.9 Å². The standard InChI is InChI=1S/C17H13BrFNO2/c18-12-1-4-14(5-2-12)21-9-10-22-17-7-8-20-16-11-13(19)3-6-15(16)17/h1-8,11H,9-10H2. The van der Waals surface area contributed by atoms with E-state index in [0.29, 0.717) is 24.5 Å². The second-order valence-corrected chi connectivity index (χ2v) is 5.54. The van der Waals surface area contributed by atoms with Crippen LogP contribution in [0.4, 0.5) is 4.39 Å². The van der Waals surface area contributed by atoms with Crippen molar-refractivity contribution in [2.45, 2.75) is 0 Å². The zero-order valence-corrected chi connectivity index (χ0v) is 13.2. The fourth-order valence-electron chi connectivity index (χ4n) is 2.06. The average Bonchev–Trinajstić information content (AvgIpc) is 2.53. The number of aromatic nitrogens is 1. The van der Waals surface area contributed by atoms with Gasteiger partial charge in [0.05, 0.1) is 5.52 Å². The lowest BCUT2D eigenvalue weighted by atomic mass is 10.2. The molecule has 0 spiro atoms. The molecule has 0 unspecified atom stereocenters. The quantitative estimate of drug-likeness (QED) is 0.622. The summed E-state index contributed by atoms with van der Waals surface area (Å²) < 4.78 is 25.5. The number of hydrogen-bond acceptors (Lipinski definition) is 3. The normalized spacial score (nSPS) is 10.6. The van der Waals surface area contributed by atoms with E-state index < -0.39 is 0 Å². The molecule has 0 aliphatic carbocycles. The Labute approximate surface area is 135 Å². The number of benzene rings is 2. The van der Waals surface area contributed by atoms with Gasteiger partial charge in [-0.3, -0.25) is 4.98 Å². The number of ether oxygens (including phenoxy) is 2. The smallest absolute Gasteiger partial charge is 0.130 e. The first-order chi connectivity index (χ1) is 10.7. The van der Waals surface area contributed by atoms with E-state index in [4.69, 9.17) is 9.47 Å². The predicted molar refractivity (Wildman–Crippen MR) is 86.8 cm³/mol. The van der Waals surface area contributed by atoms with Crippen molar-refractivity contribution in [1.82, 2.24) is 4.98 Å². The molecular formula is C17H13BrFNO2. The van der Waals surface area contributed by atoms with E-state index in [0.717, 1.165) is 15.6 Å². The Balaban J connectivity index is 1.61. The number of hydrogen-bond donors (Lipinski definition) is 0. The second-order valence-electron chi connectivity index (χ2n) is 4.62. The highest BCUT2D eigenvalue weighted by atomic mass is 79.9. The first kappa shape index (κ1) is 14.8. The molecule has 3 nitrogen and oxygen atoms in total. The van der Waals surface area contributed by atoms with Crippen LogP contribution in [0.25, 0.3) is 10.9 Å². The van der Waals surface area contributed by atoms with E-state index in [9.17, 15) is 4.39 Å². The summed E-state index contributed by atoms with van der Waals surface area (Å²) >= 11 is 3.37. The Kier molecular flexibility index (Phi) is 4.53. The predicted octanol–water partition coefficient (Wildman–Crippen LogP) is 4.59. The number of rotatable bonds is 5. The molecule has 112 valence electrons. The summed E-state index contributed by atoms with van der Waals surface area (Å²) in [6.07, 6.45) is 1.60. The first-order valence-corrected chi connectivity index (χ1v) is 7.57. The van der Waals surface area contributed by atoms with Crippen LogP contribution in [0.1, 0.15) is 0 Å². The van der Waals surface area contributed by atoms with Gasteiger partial charge in [-0.05, 0) is 42.5 Å². The molecular weight excluding hydrogens is 349 g/mol. The molecule has 0 radical (unpaired) electrons. The molecule has 0 atom stereocenters. The number of fused-ring (bicyclic) bond motifs is 1. The lowest BCUT2D eigenvalue weighted by Gasteiger charge is -2.10. The third kappa shape index (κ3) is 3.54. The minimum absolute atomic E-state index is 0.310. The molecule has 3 aromatic rings. The minimum atomic E-state index is -0.310. The lowest BCUT2D eigenvalue weighted by Crippen LogP contribution is -2.09. The fourth-order valence-corrected chi connectivity index (χ4v) is 2.33. The van der Waals surface area contributed by atoms with Gasteiger partial charge in [0.15, 0.2) is 0 Å². The monoisotopic (exact) mass is 361 g/mol. The van der Waals surface area contributed by atoms with E-state index in [1.807, 2.05) is 24.3 Å². The van der Waals surface area contributed by atoms with Gasteiger partial charge in [-0.2, -0.15) is 0 Å². The third-order valence-electron chi connectivity index (χ3n) is 3.09. The molecule has 0 aliphatic heterocycles. The van der Waals surface area contributed by atoms with Gasteiger partial charge in [0.2, 0.25) is 0 Å². The summed E-state index contributed by atoms with van der Waals surface area (Å²) in [6, 6.07) is 13.8. The van der Waals surface area contributed by atoms with Gasteiger partial charge < -0.3 is 9.47 Å². The van der Waals surface area contributed by atoms with Crippen LogP contribution in [0, 0.1) is 5.82 Å². The van der Waals surface area contributed by atoms with Crippen LogP contribution in [-0.2, 0) is 0 Å².